The van der Waals surface area contributed by atoms with Gasteiger partial charge in [0.1, 0.15) is 0 Å². The summed E-state index contributed by atoms with van der Waals surface area (Å²) in [6, 6.07) is 0. The minimum Gasteiger partial charge on any atom is -0.304 e. The van der Waals surface area contributed by atoms with E-state index in [9.17, 15) is 0 Å². The van der Waals surface area contributed by atoms with Crippen LogP contribution in [0.15, 0.2) is 0 Å². The fourth-order valence-electron chi connectivity index (χ4n) is 2.63. The molecule has 0 aliphatic rings. The summed E-state index contributed by atoms with van der Waals surface area (Å²) in [6.45, 7) is 29.5. The first-order valence-corrected chi connectivity index (χ1v) is 8.87. The van der Waals surface area contributed by atoms with Crippen LogP contribution >= 0.6 is 0 Å². The average Bonchev–Trinajstić information content (AvgIpc) is 2.21. The van der Waals surface area contributed by atoms with Gasteiger partial charge < -0.3 is 5.32 Å². The lowest BCUT2D eigenvalue weighted by molar-refractivity contribution is 0.0717. The highest BCUT2D eigenvalue weighted by molar-refractivity contribution is 4.73. The Bertz CT molecular complexity index is 291. The molecule has 0 spiro atoms. The number of rotatable bonds is 8. The highest BCUT2D eigenvalue weighted by Gasteiger charge is 2.21. The predicted octanol–water partition coefficient (Wildman–Crippen LogP) is 4.25. The van der Waals surface area contributed by atoms with Gasteiger partial charge in [-0.05, 0) is 22.8 Å². The molecular weight excluding hydrogens is 270 g/mol. The highest BCUT2D eigenvalue weighted by atomic mass is 15.3. The average molecular weight is 314 g/mol. The molecule has 0 saturated carbocycles. The first-order valence-electron chi connectivity index (χ1n) is 8.87. The molecule has 0 atom stereocenters. The van der Waals surface area contributed by atoms with E-state index in [0.717, 1.165) is 39.5 Å². The van der Waals surface area contributed by atoms with E-state index in [0.29, 0.717) is 16.2 Å². The van der Waals surface area contributed by atoms with Crippen LogP contribution in [0.5, 0.6) is 0 Å². The van der Waals surface area contributed by atoms with Crippen LogP contribution in [-0.4, -0.2) is 49.3 Å². The summed E-state index contributed by atoms with van der Waals surface area (Å²) in [5, 5.41) is 3.64. The summed E-state index contributed by atoms with van der Waals surface area (Å²) in [6.07, 6.45) is 0. The molecule has 0 rings (SSSR count). The maximum atomic E-state index is 3.64. The quantitative estimate of drug-likeness (QED) is 0.676. The largest absolute Gasteiger partial charge is 0.304 e. The van der Waals surface area contributed by atoms with Crippen LogP contribution in [0.4, 0.5) is 0 Å². The first kappa shape index (κ1) is 21.9. The lowest BCUT2D eigenvalue weighted by Crippen LogP contribution is -2.48. The third-order valence-electron chi connectivity index (χ3n) is 3.23. The van der Waals surface area contributed by atoms with Crippen molar-refractivity contribution in [1.82, 2.24) is 15.1 Å². The molecule has 0 fully saturated rings. The van der Waals surface area contributed by atoms with E-state index in [-0.39, 0.29) is 0 Å². The van der Waals surface area contributed by atoms with Crippen LogP contribution in [-0.2, 0) is 0 Å². The SMILES string of the molecule is CCN(CN(CNCC(C)(C)C)CC(C)(C)C)CC(C)(C)C. The monoisotopic (exact) mass is 313 g/mol. The molecule has 0 amide bonds. The second-order valence-corrected chi connectivity index (χ2v) is 10.4. The Hall–Kier alpha value is -0.120. The number of hydrogen-bond donors (Lipinski definition) is 1. The van der Waals surface area contributed by atoms with E-state index in [1.807, 2.05) is 0 Å². The Kier molecular flexibility index (Phi) is 8.61. The molecule has 3 heteroatoms. The third-order valence-corrected chi connectivity index (χ3v) is 3.23. The van der Waals surface area contributed by atoms with E-state index in [1.165, 1.54) is 0 Å². The molecule has 0 aliphatic carbocycles. The lowest BCUT2D eigenvalue weighted by Gasteiger charge is -2.37. The lowest BCUT2D eigenvalue weighted by atomic mass is 9.95. The van der Waals surface area contributed by atoms with Gasteiger partial charge in [-0.15, -0.1) is 0 Å². The van der Waals surface area contributed by atoms with Gasteiger partial charge in [0.05, 0.1) is 6.67 Å². The Labute approximate surface area is 140 Å². The topological polar surface area (TPSA) is 18.5 Å². The van der Waals surface area contributed by atoms with Crippen molar-refractivity contribution in [2.24, 2.45) is 16.2 Å². The second-order valence-electron chi connectivity index (χ2n) is 10.4. The molecular formula is C19H43N3. The van der Waals surface area contributed by atoms with Crippen LogP contribution in [0.3, 0.4) is 0 Å². The molecule has 0 heterocycles. The van der Waals surface area contributed by atoms with E-state index in [2.05, 4.69) is 84.4 Å². The normalized spacial score (nSPS) is 14.2. The molecule has 0 aromatic rings. The maximum absolute atomic E-state index is 3.64. The summed E-state index contributed by atoms with van der Waals surface area (Å²) >= 11 is 0. The standard InChI is InChI=1S/C19H43N3/c1-11-21(13-18(5,6)7)16-22(14-19(8,9)10)15-20-12-17(2,3)4/h20H,11-16H2,1-10H3. The van der Waals surface area contributed by atoms with Gasteiger partial charge in [0, 0.05) is 26.3 Å². The zero-order chi connectivity index (χ0) is 17.6. The number of hydrogen-bond acceptors (Lipinski definition) is 3. The van der Waals surface area contributed by atoms with Gasteiger partial charge in [-0.2, -0.15) is 0 Å². The molecule has 134 valence electrons. The van der Waals surface area contributed by atoms with Crippen LogP contribution in [0.2, 0.25) is 0 Å². The van der Waals surface area contributed by atoms with Crippen LogP contribution in [0.25, 0.3) is 0 Å². The number of nitrogens with one attached hydrogen (secondary N) is 1. The summed E-state index contributed by atoms with van der Waals surface area (Å²) in [4.78, 5) is 5.12. The third kappa shape index (κ3) is 13.5. The minimum absolute atomic E-state index is 0.324. The van der Waals surface area contributed by atoms with Crippen LogP contribution in [0.1, 0.15) is 69.2 Å². The molecule has 0 aromatic carbocycles. The van der Waals surface area contributed by atoms with Gasteiger partial charge in [0.2, 0.25) is 0 Å². The zero-order valence-electron chi connectivity index (χ0n) is 17.1. The molecule has 0 radical (unpaired) electrons. The smallest absolute Gasteiger partial charge is 0.0518 e. The molecule has 0 bridgehead atoms. The van der Waals surface area contributed by atoms with Crippen LogP contribution in [0, 0.1) is 16.2 Å². The van der Waals surface area contributed by atoms with Crippen molar-refractivity contribution in [2.75, 3.05) is 39.5 Å². The van der Waals surface area contributed by atoms with Crippen molar-refractivity contribution >= 4 is 0 Å². The first-order chi connectivity index (χ1) is 9.72. The minimum atomic E-state index is 0.324. The van der Waals surface area contributed by atoms with Crippen molar-refractivity contribution in [3.8, 4) is 0 Å². The second kappa shape index (κ2) is 8.65. The van der Waals surface area contributed by atoms with Gasteiger partial charge in [0.15, 0.2) is 0 Å². The Morgan fingerprint density at radius 3 is 1.50 bits per heavy atom. The van der Waals surface area contributed by atoms with Crippen molar-refractivity contribution in [3.05, 3.63) is 0 Å². The molecule has 22 heavy (non-hydrogen) atoms. The molecule has 0 unspecified atom stereocenters. The van der Waals surface area contributed by atoms with Gasteiger partial charge in [-0.1, -0.05) is 69.2 Å². The van der Waals surface area contributed by atoms with E-state index >= 15 is 0 Å². The van der Waals surface area contributed by atoms with Crippen molar-refractivity contribution in [1.29, 1.82) is 0 Å². The summed E-state index contributed by atoms with van der Waals surface area (Å²) in [5.41, 5.74) is 1.01. The maximum Gasteiger partial charge on any atom is 0.0518 e. The molecule has 1 N–H and O–H groups in total. The summed E-state index contributed by atoms with van der Waals surface area (Å²) in [5.74, 6) is 0. The van der Waals surface area contributed by atoms with Gasteiger partial charge in [0.25, 0.3) is 0 Å². The fraction of sp³-hybridized carbons (Fsp3) is 1.00. The number of nitrogens with zero attached hydrogens (tertiary/aromatic N) is 2. The predicted molar refractivity (Wildman–Crippen MR) is 100 cm³/mol. The molecule has 0 aromatic heterocycles. The Morgan fingerprint density at radius 2 is 1.14 bits per heavy atom. The van der Waals surface area contributed by atoms with Gasteiger partial charge in [-0.25, -0.2) is 0 Å². The van der Waals surface area contributed by atoms with Crippen LogP contribution < -0.4 is 5.32 Å². The Morgan fingerprint density at radius 1 is 0.682 bits per heavy atom. The fourth-order valence-corrected chi connectivity index (χ4v) is 2.63. The zero-order valence-corrected chi connectivity index (χ0v) is 17.1. The molecule has 3 nitrogen and oxygen atoms in total. The highest BCUT2D eigenvalue weighted by Crippen LogP contribution is 2.18. The molecule has 0 aliphatic heterocycles. The van der Waals surface area contributed by atoms with Crippen molar-refractivity contribution < 1.29 is 0 Å². The van der Waals surface area contributed by atoms with E-state index in [1.54, 1.807) is 0 Å². The summed E-state index contributed by atoms with van der Waals surface area (Å²) in [7, 11) is 0. The van der Waals surface area contributed by atoms with Gasteiger partial charge >= 0.3 is 0 Å². The van der Waals surface area contributed by atoms with Crippen molar-refractivity contribution in [2.45, 2.75) is 69.2 Å². The Balaban J connectivity index is 4.63. The van der Waals surface area contributed by atoms with Gasteiger partial charge in [-0.3, -0.25) is 9.80 Å². The molecule has 0 saturated heterocycles. The van der Waals surface area contributed by atoms with Crippen molar-refractivity contribution in [3.63, 3.8) is 0 Å². The van der Waals surface area contributed by atoms with E-state index < -0.39 is 0 Å². The van der Waals surface area contributed by atoms with E-state index in [4.69, 9.17) is 0 Å². The summed E-state index contributed by atoms with van der Waals surface area (Å²) < 4.78 is 0.